The number of hydrogen-bond donors (Lipinski definition) is 2. The summed E-state index contributed by atoms with van der Waals surface area (Å²) in [6.45, 7) is 10.2. The lowest BCUT2D eigenvalue weighted by Crippen LogP contribution is -2.61. The summed E-state index contributed by atoms with van der Waals surface area (Å²) in [7, 11) is 0. The molecule has 1 aromatic heterocycles. The minimum atomic E-state index is 0.223. The van der Waals surface area contributed by atoms with Crippen LogP contribution >= 0.6 is 11.3 Å². The summed E-state index contributed by atoms with van der Waals surface area (Å²) in [6.07, 6.45) is 5.31. The molecule has 102 valence electrons. The third kappa shape index (κ3) is 4.04. The molecule has 18 heavy (non-hydrogen) atoms. The van der Waals surface area contributed by atoms with Crippen molar-refractivity contribution in [3.63, 3.8) is 0 Å². The van der Waals surface area contributed by atoms with Crippen LogP contribution in [0.25, 0.3) is 0 Å². The highest BCUT2D eigenvalue weighted by molar-refractivity contribution is 7.09. The van der Waals surface area contributed by atoms with Gasteiger partial charge in [0.1, 0.15) is 0 Å². The van der Waals surface area contributed by atoms with Crippen LogP contribution in [0.4, 0.5) is 0 Å². The lowest BCUT2D eigenvalue weighted by atomic mass is 9.79. The predicted molar refractivity (Wildman–Crippen MR) is 78.1 cm³/mol. The van der Waals surface area contributed by atoms with E-state index in [9.17, 15) is 0 Å². The fourth-order valence-corrected chi connectivity index (χ4v) is 3.85. The summed E-state index contributed by atoms with van der Waals surface area (Å²) < 4.78 is 0. The summed E-state index contributed by atoms with van der Waals surface area (Å²) in [4.78, 5) is 4.32. The molecule has 0 amide bonds. The van der Waals surface area contributed by atoms with Gasteiger partial charge >= 0.3 is 0 Å². The normalized spacial score (nSPS) is 23.1. The van der Waals surface area contributed by atoms with Crippen LogP contribution in [-0.4, -0.2) is 28.6 Å². The number of piperidine rings is 1. The third-order valence-electron chi connectivity index (χ3n) is 3.45. The van der Waals surface area contributed by atoms with Gasteiger partial charge in [0, 0.05) is 41.7 Å². The standard InChI is InChI=1S/C14H25N3S/c1-13(2)9-11(10-14(3,4)17-13)15-6-5-12-16-7-8-18-12/h7-8,11,15,17H,5-6,9-10H2,1-4H3. The van der Waals surface area contributed by atoms with Crippen molar-refractivity contribution >= 4 is 11.3 Å². The monoisotopic (exact) mass is 267 g/mol. The molecule has 0 radical (unpaired) electrons. The van der Waals surface area contributed by atoms with Crippen LogP contribution < -0.4 is 10.6 Å². The van der Waals surface area contributed by atoms with Crippen LogP contribution in [0.2, 0.25) is 0 Å². The molecule has 2 N–H and O–H groups in total. The number of nitrogens with zero attached hydrogens (tertiary/aromatic N) is 1. The SMILES string of the molecule is CC1(C)CC(NCCc2nccs2)CC(C)(C)N1. The second-order valence-corrected chi connectivity index (χ2v) is 7.61. The molecule has 0 bridgehead atoms. The molecule has 1 aromatic rings. The van der Waals surface area contributed by atoms with Gasteiger partial charge in [0.15, 0.2) is 0 Å². The summed E-state index contributed by atoms with van der Waals surface area (Å²) in [6, 6.07) is 0.608. The van der Waals surface area contributed by atoms with Crippen LogP contribution in [0.1, 0.15) is 45.5 Å². The fourth-order valence-electron chi connectivity index (χ4n) is 3.23. The van der Waals surface area contributed by atoms with Crippen molar-refractivity contribution in [1.82, 2.24) is 15.6 Å². The number of aromatic nitrogens is 1. The van der Waals surface area contributed by atoms with Gasteiger partial charge in [0.2, 0.25) is 0 Å². The van der Waals surface area contributed by atoms with E-state index in [0.717, 1.165) is 13.0 Å². The molecule has 1 fully saturated rings. The fraction of sp³-hybridized carbons (Fsp3) is 0.786. The Labute approximate surface area is 114 Å². The zero-order chi connectivity index (χ0) is 13.2. The Balaban J connectivity index is 1.82. The molecule has 0 atom stereocenters. The number of thiazole rings is 1. The lowest BCUT2D eigenvalue weighted by molar-refractivity contribution is 0.147. The van der Waals surface area contributed by atoms with E-state index in [1.54, 1.807) is 11.3 Å². The highest BCUT2D eigenvalue weighted by Crippen LogP contribution is 2.28. The van der Waals surface area contributed by atoms with Crippen molar-refractivity contribution < 1.29 is 0 Å². The van der Waals surface area contributed by atoms with E-state index in [-0.39, 0.29) is 11.1 Å². The first kappa shape index (κ1) is 14.0. The van der Waals surface area contributed by atoms with E-state index in [4.69, 9.17) is 0 Å². The molecular weight excluding hydrogens is 242 g/mol. The smallest absolute Gasteiger partial charge is 0.0937 e. The Kier molecular flexibility index (Phi) is 4.09. The van der Waals surface area contributed by atoms with Crippen molar-refractivity contribution in [2.24, 2.45) is 0 Å². The van der Waals surface area contributed by atoms with Gasteiger partial charge in [-0.1, -0.05) is 0 Å². The second-order valence-electron chi connectivity index (χ2n) is 6.63. The maximum Gasteiger partial charge on any atom is 0.0937 e. The van der Waals surface area contributed by atoms with Gasteiger partial charge in [0.05, 0.1) is 5.01 Å². The first-order chi connectivity index (χ1) is 8.36. The minimum absolute atomic E-state index is 0.223. The molecular formula is C14H25N3S. The number of rotatable bonds is 4. The summed E-state index contributed by atoms with van der Waals surface area (Å²) in [5.41, 5.74) is 0.446. The third-order valence-corrected chi connectivity index (χ3v) is 4.28. The zero-order valence-corrected chi connectivity index (χ0v) is 12.7. The molecule has 2 heterocycles. The lowest BCUT2D eigenvalue weighted by Gasteiger charge is -2.46. The summed E-state index contributed by atoms with van der Waals surface area (Å²) in [5, 5.41) is 10.7. The molecule has 0 saturated carbocycles. The number of hydrogen-bond acceptors (Lipinski definition) is 4. The maximum atomic E-state index is 4.32. The van der Waals surface area contributed by atoms with Gasteiger partial charge in [0.25, 0.3) is 0 Å². The molecule has 0 aliphatic carbocycles. The summed E-state index contributed by atoms with van der Waals surface area (Å²) in [5.74, 6) is 0. The van der Waals surface area contributed by atoms with Crippen molar-refractivity contribution in [3.05, 3.63) is 16.6 Å². The van der Waals surface area contributed by atoms with Crippen LogP contribution in [0.15, 0.2) is 11.6 Å². The molecule has 4 heteroatoms. The van der Waals surface area contributed by atoms with Gasteiger partial charge in [-0.25, -0.2) is 4.98 Å². The Morgan fingerprint density at radius 1 is 1.33 bits per heavy atom. The Morgan fingerprint density at radius 2 is 2.00 bits per heavy atom. The van der Waals surface area contributed by atoms with E-state index in [0.29, 0.717) is 6.04 Å². The highest BCUT2D eigenvalue weighted by Gasteiger charge is 2.37. The molecule has 1 aliphatic rings. The van der Waals surface area contributed by atoms with E-state index in [2.05, 4.69) is 43.3 Å². The molecule has 0 spiro atoms. The molecule has 1 aliphatic heterocycles. The Bertz CT molecular complexity index is 354. The second kappa shape index (κ2) is 5.27. The van der Waals surface area contributed by atoms with Crippen LogP contribution in [-0.2, 0) is 6.42 Å². The van der Waals surface area contributed by atoms with E-state index < -0.39 is 0 Å². The Morgan fingerprint density at radius 3 is 2.56 bits per heavy atom. The van der Waals surface area contributed by atoms with Crippen molar-refractivity contribution in [2.75, 3.05) is 6.54 Å². The quantitative estimate of drug-likeness (QED) is 0.880. The van der Waals surface area contributed by atoms with Crippen molar-refractivity contribution in [3.8, 4) is 0 Å². The molecule has 0 aromatic carbocycles. The first-order valence-electron chi connectivity index (χ1n) is 6.77. The molecule has 0 unspecified atom stereocenters. The maximum absolute atomic E-state index is 4.32. The van der Waals surface area contributed by atoms with Crippen LogP contribution in [0, 0.1) is 0 Å². The van der Waals surface area contributed by atoms with Crippen molar-refractivity contribution in [2.45, 2.75) is 64.1 Å². The minimum Gasteiger partial charge on any atom is -0.313 e. The van der Waals surface area contributed by atoms with Crippen LogP contribution in [0.5, 0.6) is 0 Å². The average molecular weight is 267 g/mol. The molecule has 2 rings (SSSR count). The Hall–Kier alpha value is -0.450. The highest BCUT2D eigenvalue weighted by atomic mass is 32.1. The summed E-state index contributed by atoms with van der Waals surface area (Å²) >= 11 is 1.75. The largest absolute Gasteiger partial charge is 0.313 e. The topological polar surface area (TPSA) is 37.0 Å². The van der Waals surface area contributed by atoms with E-state index in [1.807, 2.05) is 11.6 Å². The molecule has 1 saturated heterocycles. The van der Waals surface area contributed by atoms with Crippen LogP contribution in [0.3, 0.4) is 0 Å². The van der Waals surface area contributed by atoms with Gasteiger partial charge in [-0.15, -0.1) is 11.3 Å². The van der Waals surface area contributed by atoms with Gasteiger partial charge in [-0.05, 0) is 40.5 Å². The van der Waals surface area contributed by atoms with E-state index >= 15 is 0 Å². The van der Waals surface area contributed by atoms with E-state index in [1.165, 1.54) is 17.8 Å². The number of nitrogens with one attached hydrogen (secondary N) is 2. The average Bonchev–Trinajstić information content (AvgIpc) is 2.65. The van der Waals surface area contributed by atoms with Gasteiger partial charge in [-0.2, -0.15) is 0 Å². The predicted octanol–water partition coefficient (Wildman–Crippen LogP) is 2.58. The van der Waals surface area contributed by atoms with Gasteiger partial charge < -0.3 is 10.6 Å². The van der Waals surface area contributed by atoms with Crippen molar-refractivity contribution in [1.29, 1.82) is 0 Å². The molecule has 3 nitrogen and oxygen atoms in total. The zero-order valence-electron chi connectivity index (χ0n) is 11.9. The van der Waals surface area contributed by atoms with Gasteiger partial charge in [-0.3, -0.25) is 0 Å². The first-order valence-corrected chi connectivity index (χ1v) is 7.65.